The number of carbonyl (C=O) groups excluding carboxylic acids is 6. The molecule has 0 radical (unpaired) electrons. The molecule has 384 valence electrons. The highest BCUT2D eigenvalue weighted by atomic mass is 79.9. The molecule has 0 saturated carbocycles. The summed E-state index contributed by atoms with van der Waals surface area (Å²) in [6, 6.07) is 33.9. The second kappa shape index (κ2) is 26.2. The molecule has 21 heteroatoms. The van der Waals surface area contributed by atoms with Crippen LogP contribution in [0.2, 0.25) is 0 Å². The molecular formula is C52H46Br4O17. The van der Waals surface area contributed by atoms with Crippen molar-refractivity contribution in [3.63, 3.8) is 0 Å². The number of esters is 6. The third-order valence-electron chi connectivity index (χ3n) is 11.1. The van der Waals surface area contributed by atoms with Crippen molar-refractivity contribution in [2.45, 2.75) is 81.9 Å². The van der Waals surface area contributed by atoms with Crippen LogP contribution in [-0.2, 0) is 68.3 Å². The Morgan fingerprint density at radius 3 is 1.29 bits per heavy atom. The second-order valence-corrected chi connectivity index (χ2v) is 20.0. The van der Waals surface area contributed by atoms with Crippen molar-refractivity contribution in [1.29, 1.82) is 0 Å². The lowest BCUT2D eigenvalue weighted by molar-refractivity contribution is -0.357. The third-order valence-corrected chi connectivity index (χ3v) is 13.2. The number of methoxy groups -OCH3 is 1. The summed E-state index contributed by atoms with van der Waals surface area (Å²) in [5.41, 5.74) is 1.05. The highest BCUT2D eigenvalue weighted by molar-refractivity contribution is 9.11. The number of halogens is 4. The molecule has 17 nitrogen and oxygen atoms in total. The Morgan fingerprint density at radius 2 is 0.822 bits per heavy atom. The van der Waals surface area contributed by atoms with Crippen molar-refractivity contribution < 1.29 is 80.9 Å². The molecule has 0 bridgehead atoms. The van der Waals surface area contributed by atoms with Gasteiger partial charge < -0.3 is 52.1 Å². The predicted molar refractivity (Wildman–Crippen MR) is 271 cm³/mol. The number of rotatable bonds is 18. The molecule has 0 amide bonds. The average molecular weight is 1260 g/mol. The fraction of sp³-hybridized carbons (Fsp3) is 0.308. The van der Waals surface area contributed by atoms with Crippen LogP contribution in [0.1, 0.15) is 60.8 Å². The lowest BCUT2D eigenvalue weighted by Gasteiger charge is -2.48. The van der Waals surface area contributed by atoms with Crippen LogP contribution >= 0.6 is 63.7 Å². The van der Waals surface area contributed by atoms with Crippen molar-refractivity contribution in [2.24, 2.45) is 0 Å². The van der Waals surface area contributed by atoms with Crippen LogP contribution in [0.5, 0.6) is 0 Å². The first-order chi connectivity index (χ1) is 35.1. The first-order valence-electron chi connectivity index (χ1n) is 22.3. The SMILES string of the molecule is CO[C@@H]1O[C@H](COCc2ccccc2)[C@@H](O[C@@H]2O[C@H](COC(=O)c3ccc(Br)cc3)[C@@H](OC(=O)c3ccc(Br)cc3)[C@H](OC(=O)c3ccc(Br)cc3)[C@H]2OC(=O)c2ccc(Br)cc2)[C@H](OC(C)=O)[C@H]1OC(C)=O. The molecule has 2 aliphatic rings. The molecule has 2 aliphatic heterocycles. The molecule has 10 atom stereocenters. The standard InChI is InChI=1S/C52H46Br4O17/c1-28(57)66-43-42(39(26-64-25-30-7-5-4-6-8-30)68-51(63-3)45(43)67-29(2)58)73-52-46(72-50(62)34-15-23-38(56)24-16-34)44(71-49(61)33-13-21-37(55)22-14-33)41(70-48(60)32-11-19-36(54)20-12-32)40(69-52)27-65-47(59)31-9-17-35(53)18-10-31/h4-24,39-46,51-52H,25-27H2,1-3H3/t39-,40-,41-,42-,43+,44+,45-,46-,51-,52+/m1/s1. The zero-order chi connectivity index (χ0) is 52.2. The zero-order valence-electron chi connectivity index (χ0n) is 39.0. The fourth-order valence-electron chi connectivity index (χ4n) is 7.72. The molecule has 0 aromatic heterocycles. The van der Waals surface area contributed by atoms with Crippen LogP contribution in [-0.4, -0.2) is 118 Å². The van der Waals surface area contributed by atoms with Gasteiger partial charge in [0.15, 0.2) is 43.1 Å². The van der Waals surface area contributed by atoms with Gasteiger partial charge in [-0.2, -0.15) is 0 Å². The molecular weight excluding hydrogens is 1220 g/mol. The van der Waals surface area contributed by atoms with Crippen molar-refractivity contribution >= 4 is 99.5 Å². The summed E-state index contributed by atoms with van der Waals surface area (Å²) in [5.74, 6) is -5.34. The average Bonchev–Trinajstić information content (AvgIpc) is 3.37. The molecule has 73 heavy (non-hydrogen) atoms. The minimum atomic E-state index is -1.92. The molecule has 2 saturated heterocycles. The van der Waals surface area contributed by atoms with Gasteiger partial charge in [-0.25, -0.2) is 19.2 Å². The maximum Gasteiger partial charge on any atom is 0.338 e. The van der Waals surface area contributed by atoms with Gasteiger partial charge in [0.1, 0.15) is 24.9 Å². The third kappa shape index (κ3) is 15.1. The Balaban J connectivity index is 1.37. The lowest BCUT2D eigenvalue weighted by atomic mass is 9.95. The van der Waals surface area contributed by atoms with Crippen LogP contribution in [0.15, 0.2) is 145 Å². The van der Waals surface area contributed by atoms with E-state index in [1.165, 1.54) is 55.6 Å². The summed E-state index contributed by atoms with van der Waals surface area (Å²) in [4.78, 5) is 82.4. The minimum Gasteiger partial charge on any atom is -0.459 e. The van der Waals surface area contributed by atoms with E-state index in [0.717, 1.165) is 19.4 Å². The number of benzene rings is 5. The first-order valence-corrected chi connectivity index (χ1v) is 25.5. The van der Waals surface area contributed by atoms with E-state index in [-0.39, 0.29) is 35.5 Å². The van der Waals surface area contributed by atoms with Gasteiger partial charge in [-0.05, 0) is 103 Å². The van der Waals surface area contributed by atoms with Crippen LogP contribution in [0.3, 0.4) is 0 Å². The molecule has 0 N–H and O–H groups in total. The Hall–Kier alpha value is -5.36. The topological polar surface area (TPSA) is 204 Å². The second-order valence-electron chi connectivity index (χ2n) is 16.3. The molecule has 0 spiro atoms. The van der Waals surface area contributed by atoms with Gasteiger partial charge in [0.2, 0.25) is 0 Å². The Morgan fingerprint density at radius 1 is 0.438 bits per heavy atom. The predicted octanol–water partition coefficient (Wildman–Crippen LogP) is 9.13. The monoisotopic (exact) mass is 1260 g/mol. The summed E-state index contributed by atoms with van der Waals surface area (Å²) in [7, 11) is 1.29. The van der Waals surface area contributed by atoms with E-state index in [1.807, 2.05) is 30.3 Å². The lowest BCUT2D eigenvalue weighted by Crippen LogP contribution is -2.67. The first kappa shape index (κ1) is 55.4. The summed E-state index contributed by atoms with van der Waals surface area (Å²) in [6.07, 6.45) is -16.2. The molecule has 0 unspecified atom stereocenters. The van der Waals surface area contributed by atoms with Gasteiger partial charge in [-0.1, -0.05) is 94.1 Å². The van der Waals surface area contributed by atoms with E-state index >= 15 is 0 Å². The van der Waals surface area contributed by atoms with Crippen molar-refractivity contribution in [3.05, 3.63) is 173 Å². The van der Waals surface area contributed by atoms with Crippen LogP contribution < -0.4 is 0 Å². The van der Waals surface area contributed by atoms with Gasteiger partial charge in [-0.3, -0.25) is 9.59 Å². The van der Waals surface area contributed by atoms with Crippen molar-refractivity contribution in [1.82, 2.24) is 0 Å². The van der Waals surface area contributed by atoms with Crippen LogP contribution in [0, 0.1) is 0 Å². The highest BCUT2D eigenvalue weighted by Crippen LogP contribution is 2.37. The largest absolute Gasteiger partial charge is 0.459 e. The maximum absolute atomic E-state index is 14.4. The van der Waals surface area contributed by atoms with Crippen LogP contribution in [0.4, 0.5) is 0 Å². The molecule has 2 heterocycles. The van der Waals surface area contributed by atoms with E-state index in [9.17, 15) is 28.8 Å². The number of carbonyl (C=O) groups is 6. The van der Waals surface area contributed by atoms with E-state index in [2.05, 4.69) is 63.7 Å². The van der Waals surface area contributed by atoms with Crippen molar-refractivity contribution in [3.8, 4) is 0 Å². The molecule has 2 fully saturated rings. The van der Waals surface area contributed by atoms with Gasteiger partial charge in [0.25, 0.3) is 0 Å². The van der Waals surface area contributed by atoms with Gasteiger partial charge in [0, 0.05) is 38.8 Å². The quantitative estimate of drug-likeness (QED) is 0.0593. The summed E-state index contributed by atoms with van der Waals surface area (Å²) >= 11 is 13.5. The van der Waals surface area contributed by atoms with Crippen molar-refractivity contribution in [2.75, 3.05) is 20.3 Å². The highest BCUT2D eigenvalue weighted by Gasteiger charge is 2.58. The number of hydrogen-bond acceptors (Lipinski definition) is 17. The van der Waals surface area contributed by atoms with E-state index in [4.69, 9.17) is 52.1 Å². The summed E-state index contributed by atoms with van der Waals surface area (Å²) < 4.78 is 70.4. The number of hydrogen-bond donors (Lipinski definition) is 0. The molecule has 5 aromatic carbocycles. The Bertz CT molecular complexity index is 2690. The Labute approximate surface area is 452 Å². The normalized spacial score (nSPS) is 23.5. The van der Waals surface area contributed by atoms with E-state index in [1.54, 1.807) is 48.5 Å². The van der Waals surface area contributed by atoms with Crippen LogP contribution in [0.25, 0.3) is 0 Å². The fourth-order valence-corrected chi connectivity index (χ4v) is 8.77. The zero-order valence-corrected chi connectivity index (χ0v) is 45.3. The maximum atomic E-state index is 14.4. The van der Waals surface area contributed by atoms with E-state index < -0.39 is 104 Å². The molecule has 7 rings (SSSR count). The van der Waals surface area contributed by atoms with Gasteiger partial charge >= 0.3 is 35.8 Å². The summed E-state index contributed by atoms with van der Waals surface area (Å²) in [6.45, 7) is 1.37. The minimum absolute atomic E-state index is 0.0257. The smallest absolute Gasteiger partial charge is 0.338 e. The molecule has 5 aromatic rings. The van der Waals surface area contributed by atoms with E-state index in [0.29, 0.717) is 17.9 Å². The number of ether oxygens (including phenoxy) is 11. The molecule has 0 aliphatic carbocycles. The Kier molecular flexibility index (Phi) is 19.9. The summed E-state index contributed by atoms with van der Waals surface area (Å²) in [5, 5.41) is 0. The van der Waals surface area contributed by atoms with Gasteiger partial charge in [-0.15, -0.1) is 0 Å². The van der Waals surface area contributed by atoms with Gasteiger partial charge in [0.05, 0.1) is 35.5 Å².